The van der Waals surface area contributed by atoms with Crippen molar-refractivity contribution in [3.63, 3.8) is 0 Å². The van der Waals surface area contributed by atoms with Crippen LogP contribution in [0.2, 0.25) is 0 Å². The van der Waals surface area contributed by atoms with Crippen molar-refractivity contribution in [3.05, 3.63) is 23.8 Å². The Morgan fingerprint density at radius 1 is 1.36 bits per heavy atom. The van der Waals surface area contributed by atoms with Gasteiger partial charge in [0.1, 0.15) is 0 Å². The summed E-state index contributed by atoms with van der Waals surface area (Å²) < 4.78 is 0. The lowest BCUT2D eigenvalue weighted by Gasteiger charge is -2.22. The summed E-state index contributed by atoms with van der Waals surface area (Å²) in [5.41, 5.74) is 8.09. The van der Waals surface area contributed by atoms with Crippen LogP contribution in [0.1, 0.15) is 26.3 Å². The van der Waals surface area contributed by atoms with Gasteiger partial charge < -0.3 is 16.5 Å². The number of hydrogen-bond donors (Lipinski definition) is 3. The van der Waals surface area contributed by atoms with Gasteiger partial charge in [0, 0.05) is 28.7 Å². The third kappa shape index (κ3) is 2.76. The van der Waals surface area contributed by atoms with Crippen LogP contribution in [0.3, 0.4) is 0 Å². The number of rotatable bonds is 2. The normalized spacial score (nSPS) is 11.1. The fraction of sp³-hybridized carbons (Fsp3) is 0.364. The molecule has 0 aromatic heterocycles. The molecule has 0 unspecified atom stereocenters. The number of anilines is 2. The van der Waals surface area contributed by atoms with Crippen LogP contribution in [0.15, 0.2) is 18.2 Å². The Morgan fingerprint density at radius 3 is 2.50 bits per heavy atom. The lowest BCUT2D eigenvalue weighted by Crippen LogP contribution is -2.26. The molecule has 0 saturated carbocycles. The van der Waals surface area contributed by atoms with Gasteiger partial charge in [0.05, 0.1) is 0 Å². The van der Waals surface area contributed by atoms with E-state index in [0.717, 1.165) is 11.3 Å². The third-order valence-corrected chi connectivity index (χ3v) is 1.76. The number of hydrogen-bond acceptors (Lipinski definition) is 3. The minimum Gasteiger partial charge on any atom is -0.398 e. The summed E-state index contributed by atoms with van der Waals surface area (Å²) in [6.45, 7) is 6.27. The van der Waals surface area contributed by atoms with E-state index in [1.807, 2.05) is 18.2 Å². The van der Waals surface area contributed by atoms with Gasteiger partial charge in [-0.15, -0.1) is 0 Å². The summed E-state index contributed by atoms with van der Waals surface area (Å²) in [7, 11) is 0. The van der Waals surface area contributed by atoms with E-state index in [1.54, 1.807) is 0 Å². The Labute approximate surface area is 84.8 Å². The maximum atomic E-state index is 7.18. The Bertz CT molecular complexity index is 337. The number of nitrogen functional groups attached to an aromatic ring is 1. The zero-order valence-electron chi connectivity index (χ0n) is 8.89. The molecule has 1 aromatic rings. The Hall–Kier alpha value is -1.51. The van der Waals surface area contributed by atoms with E-state index in [0.29, 0.717) is 5.69 Å². The minimum atomic E-state index is 0.0232. The molecule has 4 N–H and O–H groups in total. The predicted molar refractivity (Wildman–Crippen MR) is 62.1 cm³/mol. The molecule has 0 amide bonds. The molecule has 0 fully saturated rings. The average Bonchev–Trinajstić information content (AvgIpc) is 2.06. The van der Waals surface area contributed by atoms with Gasteiger partial charge in [0.25, 0.3) is 0 Å². The van der Waals surface area contributed by atoms with Crippen molar-refractivity contribution in [1.29, 1.82) is 5.41 Å². The lowest BCUT2D eigenvalue weighted by atomic mass is 10.1. The molecule has 3 nitrogen and oxygen atoms in total. The first-order chi connectivity index (χ1) is 6.42. The summed E-state index contributed by atoms with van der Waals surface area (Å²) in [5, 5.41) is 10.5. The van der Waals surface area contributed by atoms with Crippen LogP contribution in [0.4, 0.5) is 11.4 Å². The maximum Gasteiger partial charge on any atom is 0.0404 e. The van der Waals surface area contributed by atoms with E-state index in [4.69, 9.17) is 11.1 Å². The van der Waals surface area contributed by atoms with Crippen molar-refractivity contribution in [3.8, 4) is 0 Å². The predicted octanol–water partition coefficient (Wildman–Crippen LogP) is 2.48. The highest BCUT2D eigenvalue weighted by atomic mass is 14.9. The van der Waals surface area contributed by atoms with Crippen molar-refractivity contribution < 1.29 is 0 Å². The summed E-state index contributed by atoms with van der Waals surface area (Å²) in [4.78, 5) is 0. The highest BCUT2D eigenvalue weighted by Crippen LogP contribution is 2.19. The highest BCUT2D eigenvalue weighted by Gasteiger charge is 2.09. The van der Waals surface area contributed by atoms with Gasteiger partial charge in [0.15, 0.2) is 0 Å². The quantitative estimate of drug-likeness (QED) is 0.496. The molecular formula is C11H17N3. The second kappa shape index (κ2) is 3.70. The molecule has 14 heavy (non-hydrogen) atoms. The van der Waals surface area contributed by atoms with Gasteiger partial charge in [-0.3, -0.25) is 0 Å². The molecule has 1 rings (SSSR count). The van der Waals surface area contributed by atoms with E-state index >= 15 is 0 Å². The average molecular weight is 191 g/mol. The van der Waals surface area contributed by atoms with E-state index in [1.165, 1.54) is 6.21 Å². The number of benzene rings is 1. The van der Waals surface area contributed by atoms with Gasteiger partial charge in [-0.25, -0.2) is 0 Å². The Morgan fingerprint density at radius 2 is 2.00 bits per heavy atom. The van der Waals surface area contributed by atoms with Crippen molar-refractivity contribution in [2.24, 2.45) is 0 Å². The van der Waals surface area contributed by atoms with Gasteiger partial charge in [0.2, 0.25) is 0 Å². The first-order valence-corrected chi connectivity index (χ1v) is 4.60. The third-order valence-electron chi connectivity index (χ3n) is 1.76. The molecule has 0 heterocycles. The molecule has 1 aromatic carbocycles. The number of nitrogens with one attached hydrogen (secondary N) is 2. The second-order valence-electron chi connectivity index (χ2n) is 4.36. The molecule has 0 bridgehead atoms. The monoisotopic (exact) mass is 191 g/mol. The summed E-state index contributed by atoms with van der Waals surface area (Å²) >= 11 is 0. The van der Waals surface area contributed by atoms with E-state index in [9.17, 15) is 0 Å². The summed E-state index contributed by atoms with van der Waals surface area (Å²) in [6.07, 6.45) is 1.27. The van der Waals surface area contributed by atoms with Crippen molar-refractivity contribution in [2.45, 2.75) is 26.3 Å². The van der Waals surface area contributed by atoms with Crippen LogP contribution in [0, 0.1) is 5.41 Å². The van der Waals surface area contributed by atoms with E-state index < -0.39 is 0 Å². The summed E-state index contributed by atoms with van der Waals surface area (Å²) in [5.74, 6) is 0. The molecule has 0 saturated heterocycles. The molecule has 76 valence electrons. The zero-order chi connectivity index (χ0) is 10.8. The van der Waals surface area contributed by atoms with Gasteiger partial charge in [-0.05, 0) is 39.0 Å². The molecule has 0 atom stereocenters. The first-order valence-electron chi connectivity index (χ1n) is 4.60. The molecular weight excluding hydrogens is 174 g/mol. The number of nitrogens with two attached hydrogens (primary N) is 1. The van der Waals surface area contributed by atoms with Crippen molar-refractivity contribution >= 4 is 17.6 Å². The largest absolute Gasteiger partial charge is 0.398 e. The molecule has 0 spiro atoms. The van der Waals surface area contributed by atoms with Crippen LogP contribution in [-0.2, 0) is 0 Å². The zero-order valence-corrected chi connectivity index (χ0v) is 8.89. The maximum absolute atomic E-state index is 7.18. The van der Waals surface area contributed by atoms with E-state index in [-0.39, 0.29) is 5.54 Å². The Balaban J connectivity index is 2.95. The lowest BCUT2D eigenvalue weighted by molar-refractivity contribution is 0.634. The summed E-state index contributed by atoms with van der Waals surface area (Å²) in [6, 6.07) is 5.62. The van der Waals surface area contributed by atoms with Gasteiger partial charge in [-0.2, -0.15) is 0 Å². The van der Waals surface area contributed by atoms with Crippen molar-refractivity contribution in [2.75, 3.05) is 11.1 Å². The van der Waals surface area contributed by atoms with E-state index in [2.05, 4.69) is 26.1 Å². The Kier molecular flexibility index (Phi) is 2.79. The van der Waals surface area contributed by atoms with Crippen LogP contribution >= 0.6 is 0 Å². The van der Waals surface area contributed by atoms with Crippen LogP contribution in [0.25, 0.3) is 0 Å². The van der Waals surface area contributed by atoms with Crippen molar-refractivity contribution in [1.82, 2.24) is 0 Å². The first kappa shape index (κ1) is 10.6. The molecule has 0 aliphatic carbocycles. The minimum absolute atomic E-state index is 0.0232. The van der Waals surface area contributed by atoms with Crippen LogP contribution in [-0.4, -0.2) is 11.8 Å². The van der Waals surface area contributed by atoms with Crippen LogP contribution < -0.4 is 11.1 Å². The molecule has 0 aliphatic heterocycles. The standard InChI is InChI=1S/C11H17N3/c1-11(2,3)14-9-4-5-10(13)8(6-9)7-12/h4-7,12,14H,13H2,1-3H3. The molecule has 3 heteroatoms. The topological polar surface area (TPSA) is 61.9 Å². The fourth-order valence-electron chi connectivity index (χ4n) is 1.21. The fourth-order valence-corrected chi connectivity index (χ4v) is 1.21. The van der Waals surface area contributed by atoms with Crippen LogP contribution in [0.5, 0.6) is 0 Å². The smallest absolute Gasteiger partial charge is 0.0404 e. The highest BCUT2D eigenvalue weighted by molar-refractivity contribution is 5.86. The SMILES string of the molecule is CC(C)(C)Nc1ccc(N)c(C=N)c1. The van der Waals surface area contributed by atoms with Gasteiger partial charge >= 0.3 is 0 Å². The van der Waals surface area contributed by atoms with Gasteiger partial charge in [-0.1, -0.05) is 0 Å². The molecule has 0 aliphatic rings. The molecule has 0 radical (unpaired) electrons. The second-order valence-corrected chi connectivity index (χ2v) is 4.36.